The van der Waals surface area contributed by atoms with Gasteiger partial charge in [0.2, 0.25) is 5.91 Å². The number of pyridine rings is 1. The molecule has 0 bridgehead atoms. The molecule has 1 saturated heterocycles. The Morgan fingerprint density at radius 2 is 1.86 bits per heavy atom. The van der Waals surface area contributed by atoms with Crippen LogP contribution in [0.2, 0.25) is 0 Å². The predicted molar refractivity (Wildman–Crippen MR) is 168 cm³/mol. The average Bonchev–Trinajstić information content (AvgIpc) is 3.77. The molecule has 11 nitrogen and oxygen atoms in total. The maximum Gasteiger partial charge on any atom is 0.247 e. The maximum atomic E-state index is 13.7. The molecule has 4 heterocycles. The van der Waals surface area contributed by atoms with E-state index in [4.69, 9.17) is 16.5 Å². The molecule has 1 aliphatic carbocycles. The van der Waals surface area contributed by atoms with Crippen LogP contribution in [-0.4, -0.2) is 65.2 Å². The first-order valence-corrected chi connectivity index (χ1v) is 14.7. The van der Waals surface area contributed by atoms with Gasteiger partial charge in [-0.2, -0.15) is 0 Å². The first-order valence-electron chi connectivity index (χ1n) is 14.7. The van der Waals surface area contributed by atoms with Crippen molar-refractivity contribution in [1.29, 1.82) is 0 Å². The van der Waals surface area contributed by atoms with Crippen LogP contribution in [0.3, 0.4) is 0 Å². The summed E-state index contributed by atoms with van der Waals surface area (Å²) < 4.78 is 2.11. The zero-order valence-electron chi connectivity index (χ0n) is 23.5. The fraction of sp³-hybridized carbons (Fsp3) is 0.355. The molecule has 7 rings (SSSR count). The molecule has 1 unspecified atom stereocenters. The zero-order chi connectivity index (χ0) is 28.6. The molecular formula is C31H36N10O. The standard InChI is InChI=1S/C31H36N10O/c32-31(33)35-13-3-4-27-30(42)38-24-10-8-21(36-20-6-7-20)18-23(24)29-37-25-19-22(9-11-26(25)41(27)29)39-14-16-40(17-15-39)28-5-1-2-12-34-28/h1-2,5,8-12,18-20,27,36H,3-4,6-7,13-17H2,(H,38,42)(H4,32,33,35). The van der Waals surface area contributed by atoms with Gasteiger partial charge in [-0.25, -0.2) is 9.97 Å². The number of carbonyl (C=O) groups is 1. The van der Waals surface area contributed by atoms with Gasteiger partial charge in [-0.05, 0) is 74.2 Å². The van der Waals surface area contributed by atoms with E-state index in [0.29, 0.717) is 25.4 Å². The maximum absolute atomic E-state index is 13.7. The van der Waals surface area contributed by atoms with Crippen molar-refractivity contribution in [2.45, 2.75) is 37.8 Å². The summed E-state index contributed by atoms with van der Waals surface area (Å²) in [4.78, 5) is 32.2. The molecule has 42 heavy (non-hydrogen) atoms. The highest BCUT2D eigenvalue weighted by Crippen LogP contribution is 2.40. The summed E-state index contributed by atoms with van der Waals surface area (Å²) in [6.45, 7) is 4.05. The number of piperazine rings is 1. The third-order valence-corrected chi connectivity index (χ3v) is 8.30. The van der Waals surface area contributed by atoms with Crippen molar-refractivity contribution >= 4 is 45.8 Å². The molecule has 2 aliphatic heterocycles. The third kappa shape index (κ3) is 5.17. The van der Waals surface area contributed by atoms with Crippen molar-refractivity contribution in [1.82, 2.24) is 14.5 Å². The lowest BCUT2D eigenvalue weighted by Crippen LogP contribution is -2.46. The van der Waals surface area contributed by atoms with E-state index in [1.807, 2.05) is 30.5 Å². The fourth-order valence-electron chi connectivity index (χ4n) is 6.00. The molecule has 1 saturated carbocycles. The number of amides is 1. The van der Waals surface area contributed by atoms with Gasteiger partial charge in [-0.3, -0.25) is 9.79 Å². The first-order chi connectivity index (χ1) is 20.5. The van der Waals surface area contributed by atoms with Gasteiger partial charge >= 0.3 is 0 Å². The number of guanidine groups is 1. The first kappa shape index (κ1) is 26.1. The van der Waals surface area contributed by atoms with Gasteiger partial charge in [0.25, 0.3) is 0 Å². The van der Waals surface area contributed by atoms with Crippen molar-refractivity contribution in [2.75, 3.05) is 53.2 Å². The summed E-state index contributed by atoms with van der Waals surface area (Å²) in [6.07, 6.45) is 5.46. The van der Waals surface area contributed by atoms with Gasteiger partial charge in [-0.15, -0.1) is 0 Å². The average molecular weight is 565 g/mol. The van der Waals surface area contributed by atoms with Gasteiger partial charge in [0.1, 0.15) is 17.7 Å². The second-order valence-corrected chi connectivity index (χ2v) is 11.3. The molecule has 0 spiro atoms. The van der Waals surface area contributed by atoms with Crippen molar-refractivity contribution < 1.29 is 4.79 Å². The minimum atomic E-state index is -0.445. The molecule has 2 fully saturated rings. The van der Waals surface area contributed by atoms with Crippen LogP contribution in [0.25, 0.3) is 22.4 Å². The van der Waals surface area contributed by atoms with Gasteiger partial charge in [0.05, 0.1) is 16.7 Å². The highest BCUT2D eigenvalue weighted by Gasteiger charge is 2.32. The van der Waals surface area contributed by atoms with Crippen LogP contribution < -0.4 is 31.9 Å². The van der Waals surface area contributed by atoms with Crippen LogP contribution in [0.4, 0.5) is 22.9 Å². The number of aromatic nitrogens is 3. The summed E-state index contributed by atoms with van der Waals surface area (Å²) in [5, 5.41) is 6.76. The molecule has 1 amide bonds. The molecule has 2 aromatic carbocycles. The van der Waals surface area contributed by atoms with Gasteiger partial charge in [0.15, 0.2) is 5.96 Å². The molecule has 0 radical (unpaired) electrons. The molecule has 3 aliphatic rings. The van der Waals surface area contributed by atoms with Gasteiger partial charge < -0.3 is 36.5 Å². The molecule has 11 heteroatoms. The van der Waals surface area contributed by atoms with Crippen LogP contribution in [0.15, 0.2) is 65.8 Å². The zero-order valence-corrected chi connectivity index (χ0v) is 23.5. The number of nitrogens with zero attached hydrogens (tertiary/aromatic N) is 6. The Morgan fingerprint density at radius 1 is 1.02 bits per heavy atom. The number of nitrogens with one attached hydrogen (secondary N) is 2. The highest BCUT2D eigenvalue weighted by atomic mass is 16.2. The molecule has 216 valence electrons. The molecule has 2 aromatic heterocycles. The Morgan fingerprint density at radius 3 is 2.62 bits per heavy atom. The van der Waals surface area contributed by atoms with Crippen molar-refractivity contribution in [3.8, 4) is 11.4 Å². The van der Waals surface area contributed by atoms with E-state index in [9.17, 15) is 4.79 Å². The summed E-state index contributed by atoms with van der Waals surface area (Å²) in [5.74, 6) is 1.81. The SMILES string of the molecule is NC(N)=NCCCC1C(=O)Nc2ccc(NC3CC3)cc2-c2nc3cc(N4CCN(c5ccccn5)CC4)ccc3n21. The van der Waals surface area contributed by atoms with Crippen molar-refractivity contribution in [2.24, 2.45) is 16.5 Å². The molecule has 6 N–H and O–H groups in total. The Bertz CT molecular complexity index is 1630. The predicted octanol–water partition coefficient (Wildman–Crippen LogP) is 3.55. The van der Waals surface area contributed by atoms with Gasteiger partial charge in [0, 0.05) is 61.9 Å². The van der Waals surface area contributed by atoms with Crippen molar-refractivity contribution in [3.63, 3.8) is 0 Å². The number of anilines is 4. The largest absolute Gasteiger partial charge is 0.382 e. The number of hydrogen-bond donors (Lipinski definition) is 4. The quantitative estimate of drug-likeness (QED) is 0.145. The third-order valence-electron chi connectivity index (χ3n) is 8.30. The minimum absolute atomic E-state index is 0.0587. The Labute approximate surface area is 244 Å². The minimum Gasteiger partial charge on any atom is -0.382 e. The Hall–Kier alpha value is -4.80. The summed E-state index contributed by atoms with van der Waals surface area (Å²) >= 11 is 0. The second-order valence-electron chi connectivity index (χ2n) is 11.3. The Balaban J connectivity index is 1.23. The number of imidazole rings is 1. The summed E-state index contributed by atoms with van der Waals surface area (Å²) in [5.41, 5.74) is 16.8. The fourth-order valence-corrected chi connectivity index (χ4v) is 6.00. The van der Waals surface area contributed by atoms with E-state index in [1.54, 1.807) is 0 Å². The molecule has 4 aromatic rings. The number of nitrogens with two attached hydrogens (primary N) is 2. The number of hydrogen-bond acceptors (Lipinski definition) is 7. The van der Waals surface area contributed by atoms with Crippen LogP contribution in [0.5, 0.6) is 0 Å². The van der Waals surface area contributed by atoms with E-state index >= 15 is 0 Å². The lowest BCUT2D eigenvalue weighted by Gasteiger charge is -2.36. The van der Waals surface area contributed by atoms with Gasteiger partial charge in [-0.1, -0.05) is 6.07 Å². The normalized spacial score (nSPS) is 18.2. The van der Waals surface area contributed by atoms with E-state index < -0.39 is 6.04 Å². The summed E-state index contributed by atoms with van der Waals surface area (Å²) in [7, 11) is 0. The monoisotopic (exact) mass is 564 g/mol. The van der Waals surface area contributed by atoms with Crippen LogP contribution in [0, 0.1) is 0 Å². The lowest BCUT2D eigenvalue weighted by atomic mass is 10.1. The number of fused-ring (bicyclic) bond motifs is 5. The summed E-state index contributed by atoms with van der Waals surface area (Å²) in [6, 6.07) is 18.7. The number of carbonyl (C=O) groups excluding carboxylic acids is 1. The Kier molecular flexibility index (Phi) is 6.77. The van der Waals surface area contributed by atoms with E-state index in [1.165, 1.54) is 12.8 Å². The second kappa shape index (κ2) is 10.9. The smallest absolute Gasteiger partial charge is 0.247 e. The lowest BCUT2D eigenvalue weighted by molar-refractivity contribution is -0.119. The highest BCUT2D eigenvalue weighted by molar-refractivity contribution is 6.02. The van der Waals surface area contributed by atoms with Crippen LogP contribution >= 0.6 is 0 Å². The van der Waals surface area contributed by atoms with Crippen molar-refractivity contribution in [3.05, 3.63) is 60.8 Å². The number of rotatable bonds is 8. The topological polar surface area (TPSA) is 143 Å². The molecule has 1 atom stereocenters. The van der Waals surface area contributed by atoms with E-state index in [2.05, 4.69) is 65.3 Å². The number of benzene rings is 2. The van der Waals surface area contributed by atoms with E-state index in [0.717, 1.165) is 71.5 Å². The van der Waals surface area contributed by atoms with Crippen LogP contribution in [0.1, 0.15) is 31.7 Å². The number of aliphatic imine (C=N–C) groups is 1. The molecular weight excluding hydrogens is 528 g/mol. The van der Waals surface area contributed by atoms with Crippen LogP contribution in [-0.2, 0) is 4.79 Å². The van der Waals surface area contributed by atoms with E-state index in [-0.39, 0.29) is 11.9 Å².